The van der Waals surface area contributed by atoms with Gasteiger partial charge in [-0.25, -0.2) is 4.98 Å². The summed E-state index contributed by atoms with van der Waals surface area (Å²) in [4.78, 5) is 15.9. The molecule has 4 heteroatoms. The molecule has 0 bridgehead atoms. The molecule has 0 aliphatic carbocycles. The highest BCUT2D eigenvalue weighted by Gasteiger charge is 2.10. The topological polar surface area (TPSA) is 60.9 Å². The van der Waals surface area contributed by atoms with E-state index in [1.54, 1.807) is 12.4 Å². The molecule has 0 radical (unpaired) electrons. The summed E-state index contributed by atoms with van der Waals surface area (Å²) in [6, 6.07) is 9.66. The molecule has 0 spiro atoms. The van der Waals surface area contributed by atoms with Gasteiger partial charge in [0, 0.05) is 16.9 Å². The highest BCUT2D eigenvalue weighted by Crippen LogP contribution is 2.24. The van der Waals surface area contributed by atoms with Crippen LogP contribution >= 0.6 is 0 Å². The maximum absolute atomic E-state index is 11.5. The molecule has 4 nitrogen and oxygen atoms in total. The van der Waals surface area contributed by atoms with Crippen molar-refractivity contribution >= 4 is 22.5 Å². The minimum atomic E-state index is -0.0268. The van der Waals surface area contributed by atoms with Gasteiger partial charge in [0.2, 0.25) is 0 Å². The molecule has 1 aromatic heterocycles. The summed E-state index contributed by atoms with van der Waals surface area (Å²) in [6.07, 6.45) is 1.78. The lowest BCUT2D eigenvalue weighted by Crippen LogP contribution is -2.02. The molecule has 0 fully saturated rings. The Labute approximate surface area is 123 Å². The molecule has 3 rings (SSSR count). The number of fused-ring (bicyclic) bond motifs is 1. The average Bonchev–Trinajstić information content (AvgIpc) is 2.81. The van der Waals surface area contributed by atoms with E-state index in [1.165, 1.54) is 18.1 Å². The molecular formula is C17H17N3O. The molecule has 106 valence electrons. The summed E-state index contributed by atoms with van der Waals surface area (Å²) < 4.78 is 1.99. The van der Waals surface area contributed by atoms with Crippen LogP contribution in [0.5, 0.6) is 0 Å². The van der Waals surface area contributed by atoms with E-state index in [2.05, 4.69) is 31.0 Å². The van der Waals surface area contributed by atoms with Gasteiger partial charge in [-0.05, 0) is 62.2 Å². The van der Waals surface area contributed by atoms with Gasteiger partial charge < -0.3 is 5.73 Å². The van der Waals surface area contributed by atoms with Crippen molar-refractivity contribution in [1.82, 2.24) is 9.55 Å². The number of aryl methyl sites for hydroxylation is 2. The van der Waals surface area contributed by atoms with Crippen LogP contribution in [0.1, 0.15) is 28.4 Å². The maximum atomic E-state index is 11.5. The van der Waals surface area contributed by atoms with Gasteiger partial charge in [0.15, 0.2) is 5.78 Å². The standard InChI is InChI=1S/C17H17N3O/c1-10-6-16-17(7-11(10)2)20(9-19-16)13-4-5-14(12(3)21)15(18)8-13/h4-9H,18H2,1-3H3. The summed E-state index contributed by atoms with van der Waals surface area (Å²) in [6.45, 7) is 5.68. The zero-order valence-corrected chi connectivity index (χ0v) is 12.3. The first kappa shape index (κ1) is 13.4. The average molecular weight is 279 g/mol. The molecule has 0 unspecified atom stereocenters. The van der Waals surface area contributed by atoms with E-state index in [-0.39, 0.29) is 5.78 Å². The third-order valence-corrected chi connectivity index (χ3v) is 3.86. The number of nitrogens with zero attached hydrogens (tertiary/aromatic N) is 2. The Hall–Kier alpha value is -2.62. The predicted molar refractivity (Wildman–Crippen MR) is 85.0 cm³/mol. The maximum Gasteiger partial charge on any atom is 0.161 e. The number of ketones is 1. The van der Waals surface area contributed by atoms with E-state index in [1.807, 2.05) is 16.7 Å². The van der Waals surface area contributed by atoms with Gasteiger partial charge in [-0.1, -0.05) is 0 Å². The van der Waals surface area contributed by atoms with Crippen LogP contribution < -0.4 is 5.73 Å². The molecule has 2 aromatic carbocycles. The number of benzene rings is 2. The van der Waals surface area contributed by atoms with Crippen LogP contribution in [0.4, 0.5) is 5.69 Å². The van der Waals surface area contributed by atoms with Crippen molar-refractivity contribution in [3.05, 3.63) is 53.3 Å². The van der Waals surface area contributed by atoms with Gasteiger partial charge in [0.05, 0.1) is 11.0 Å². The molecule has 21 heavy (non-hydrogen) atoms. The SMILES string of the molecule is CC(=O)c1ccc(-n2cnc3cc(C)c(C)cc32)cc1N. The number of nitrogen functional groups attached to an aromatic ring is 1. The second kappa shape index (κ2) is 4.74. The summed E-state index contributed by atoms with van der Waals surface area (Å²) in [7, 11) is 0. The van der Waals surface area contributed by atoms with E-state index in [0.29, 0.717) is 11.3 Å². The van der Waals surface area contributed by atoms with Crippen molar-refractivity contribution in [2.45, 2.75) is 20.8 Å². The van der Waals surface area contributed by atoms with Crippen LogP contribution in [0.15, 0.2) is 36.7 Å². The molecule has 0 amide bonds. The van der Waals surface area contributed by atoms with Crippen molar-refractivity contribution in [3.8, 4) is 5.69 Å². The van der Waals surface area contributed by atoms with Crippen LogP contribution in [0.2, 0.25) is 0 Å². The Kier molecular flexibility index (Phi) is 3.01. The number of carbonyl (C=O) groups is 1. The fraction of sp³-hybridized carbons (Fsp3) is 0.176. The quantitative estimate of drug-likeness (QED) is 0.577. The van der Waals surface area contributed by atoms with Gasteiger partial charge in [0.1, 0.15) is 6.33 Å². The van der Waals surface area contributed by atoms with Crippen LogP contribution in [0, 0.1) is 13.8 Å². The van der Waals surface area contributed by atoms with Crippen molar-refractivity contribution in [2.75, 3.05) is 5.73 Å². The van der Waals surface area contributed by atoms with Gasteiger partial charge in [0.25, 0.3) is 0 Å². The van der Waals surface area contributed by atoms with Crippen molar-refractivity contribution < 1.29 is 4.79 Å². The molecular weight excluding hydrogens is 262 g/mol. The van der Waals surface area contributed by atoms with E-state index in [0.717, 1.165) is 16.7 Å². The first-order valence-corrected chi connectivity index (χ1v) is 6.82. The molecule has 0 saturated heterocycles. The number of imidazole rings is 1. The summed E-state index contributed by atoms with van der Waals surface area (Å²) in [5.74, 6) is -0.0268. The number of carbonyl (C=O) groups excluding carboxylic acids is 1. The normalized spacial score (nSPS) is 11.0. The second-order valence-corrected chi connectivity index (χ2v) is 5.37. The Bertz CT molecular complexity index is 862. The summed E-state index contributed by atoms with van der Waals surface area (Å²) in [5, 5.41) is 0. The molecule has 1 heterocycles. The number of hydrogen-bond acceptors (Lipinski definition) is 3. The fourth-order valence-corrected chi connectivity index (χ4v) is 2.49. The van der Waals surface area contributed by atoms with Crippen molar-refractivity contribution in [3.63, 3.8) is 0 Å². The van der Waals surface area contributed by atoms with E-state index >= 15 is 0 Å². The Morgan fingerprint density at radius 3 is 2.52 bits per heavy atom. The van der Waals surface area contributed by atoms with Crippen LogP contribution in [-0.2, 0) is 0 Å². The summed E-state index contributed by atoms with van der Waals surface area (Å²) in [5.41, 5.74) is 12.3. The van der Waals surface area contributed by atoms with Gasteiger partial charge >= 0.3 is 0 Å². The minimum absolute atomic E-state index is 0.0268. The molecule has 0 aliphatic heterocycles. The minimum Gasteiger partial charge on any atom is -0.398 e. The smallest absolute Gasteiger partial charge is 0.161 e. The number of hydrogen-bond donors (Lipinski definition) is 1. The second-order valence-electron chi connectivity index (χ2n) is 5.37. The molecule has 0 saturated carbocycles. The number of rotatable bonds is 2. The zero-order chi connectivity index (χ0) is 15.1. The van der Waals surface area contributed by atoms with Crippen LogP contribution in [0.3, 0.4) is 0 Å². The number of anilines is 1. The number of nitrogens with two attached hydrogens (primary N) is 1. The van der Waals surface area contributed by atoms with Gasteiger partial charge in [-0.2, -0.15) is 0 Å². The lowest BCUT2D eigenvalue weighted by molar-refractivity contribution is 0.101. The molecule has 0 aliphatic rings. The lowest BCUT2D eigenvalue weighted by Gasteiger charge is -2.09. The van der Waals surface area contributed by atoms with E-state index in [9.17, 15) is 4.79 Å². The fourth-order valence-electron chi connectivity index (χ4n) is 2.49. The number of aromatic nitrogens is 2. The highest BCUT2D eigenvalue weighted by atomic mass is 16.1. The number of Topliss-reactive ketones (excluding diaryl/α,β-unsaturated/α-hetero) is 1. The third kappa shape index (κ3) is 2.18. The monoisotopic (exact) mass is 279 g/mol. The van der Waals surface area contributed by atoms with Crippen LogP contribution in [-0.4, -0.2) is 15.3 Å². The van der Waals surface area contributed by atoms with Crippen molar-refractivity contribution in [2.24, 2.45) is 0 Å². The van der Waals surface area contributed by atoms with E-state index < -0.39 is 0 Å². The highest BCUT2D eigenvalue weighted by molar-refractivity contribution is 5.99. The molecule has 2 N–H and O–H groups in total. The Balaban J connectivity index is 2.19. The Morgan fingerprint density at radius 1 is 1.14 bits per heavy atom. The Morgan fingerprint density at radius 2 is 1.86 bits per heavy atom. The van der Waals surface area contributed by atoms with Gasteiger partial charge in [-0.3, -0.25) is 9.36 Å². The summed E-state index contributed by atoms with van der Waals surface area (Å²) >= 11 is 0. The first-order valence-electron chi connectivity index (χ1n) is 6.82. The first-order chi connectivity index (χ1) is 9.97. The predicted octanol–water partition coefficient (Wildman–Crippen LogP) is 3.43. The lowest BCUT2D eigenvalue weighted by atomic mass is 10.1. The van der Waals surface area contributed by atoms with E-state index in [4.69, 9.17) is 5.73 Å². The van der Waals surface area contributed by atoms with Crippen LogP contribution in [0.25, 0.3) is 16.7 Å². The largest absolute Gasteiger partial charge is 0.398 e. The zero-order valence-electron chi connectivity index (χ0n) is 12.3. The van der Waals surface area contributed by atoms with Crippen molar-refractivity contribution in [1.29, 1.82) is 0 Å². The van der Waals surface area contributed by atoms with Gasteiger partial charge in [-0.15, -0.1) is 0 Å². The third-order valence-electron chi connectivity index (χ3n) is 3.86. The molecule has 3 aromatic rings. The molecule has 0 atom stereocenters.